The Bertz CT molecular complexity index is 501. The van der Waals surface area contributed by atoms with Crippen molar-refractivity contribution in [3.05, 3.63) is 35.1 Å². The molecule has 2 amide bonds. The third-order valence-electron chi connectivity index (χ3n) is 2.81. The summed E-state index contributed by atoms with van der Waals surface area (Å²) in [5.41, 5.74) is 0.807. The molecule has 0 saturated heterocycles. The molecule has 0 saturated carbocycles. The lowest BCUT2D eigenvalue weighted by atomic mass is 10.1. The largest absolute Gasteiger partial charge is 0.352 e. The summed E-state index contributed by atoms with van der Waals surface area (Å²) in [5, 5.41) is 2.71. The summed E-state index contributed by atoms with van der Waals surface area (Å²) < 4.78 is 13.7. The quantitative estimate of drug-likeness (QED) is 0.898. The van der Waals surface area contributed by atoms with Crippen LogP contribution in [0.15, 0.2) is 18.2 Å². The zero-order valence-electron chi connectivity index (χ0n) is 12.4. The number of likely N-dealkylation sites (N-methyl/N-ethyl adjacent to an activating group) is 1. The van der Waals surface area contributed by atoms with Gasteiger partial charge in [-0.25, -0.2) is 4.39 Å². The van der Waals surface area contributed by atoms with Crippen molar-refractivity contribution < 1.29 is 14.0 Å². The van der Waals surface area contributed by atoms with Gasteiger partial charge in [-0.3, -0.25) is 9.59 Å². The summed E-state index contributed by atoms with van der Waals surface area (Å²) in [5.74, 6) is -1.28. The topological polar surface area (TPSA) is 49.4 Å². The van der Waals surface area contributed by atoms with Gasteiger partial charge in [0.15, 0.2) is 0 Å². The highest BCUT2D eigenvalue weighted by molar-refractivity contribution is 5.96. The lowest BCUT2D eigenvalue weighted by molar-refractivity contribution is -0.122. The van der Waals surface area contributed by atoms with Crippen LogP contribution in [0.2, 0.25) is 0 Å². The minimum Gasteiger partial charge on any atom is -0.352 e. The van der Waals surface area contributed by atoms with Crippen molar-refractivity contribution in [3.63, 3.8) is 0 Å². The predicted octanol–water partition coefficient (Wildman–Crippen LogP) is 2.12. The molecule has 0 fully saturated rings. The number of nitrogens with zero attached hydrogens (tertiary/aromatic N) is 1. The molecule has 0 radical (unpaired) electrons. The first-order chi connectivity index (χ1) is 9.35. The molecule has 5 heteroatoms. The van der Waals surface area contributed by atoms with E-state index < -0.39 is 11.7 Å². The number of hydrogen-bond acceptors (Lipinski definition) is 2. The van der Waals surface area contributed by atoms with E-state index >= 15 is 0 Å². The van der Waals surface area contributed by atoms with Gasteiger partial charge in [0.25, 0.3) is 5.91 Å². The minimum absolute atomic E-state index is 0.00389. The van der Waals surface area contributed by atoms with E-state index in [1.54, 1.807) is 19.9 Å². The van der Waals surface area contributed by atoms with E-state index in [0.717, 1.165) is 5.56 Å². The first-order valence-electron chi connectivity index (χ1n) is 6.70. The van der Waals surface area contributed by atoms with E-state index in [0.29, 0.717) is 6.54 Å². The zero-order valence-corrected chi connectivity index (χ0v) is 12.4. The Hall–Kier alpha value is -1.91. The summed E-state index contributed by atoms with van der Waals surface area (Å²) in [4.78, 5) is 25.3. The fraction of sp³-hybridized carbons (Fsp3) is 0.467. The molecule has 1 rings (SSSR count). The molecule has 0 aliphatic heterocycles. The second-order valence-corrected chi connectivity index (χ2v) is 5.02. The van der Waals surface area contributed by atoms with Gasteiger partial charge in [-0.05, 0) is 39.8 Å². The van der Waals surface area contributed by atoms with Crippen molar-refractivity contribution in [1.29, 1.82) is 0 Å². The third kappa shape index (κ3) is 4.33. The smallest absolute Gasteiger partial charge is 0.257 e. The van der Waals surface area contributed by atoms with Crippen molar-refractivity contribution in [1.82, 2.24) is 10.2 Å². The Morgan fingerprint density at radius 1 is 1.35 bits per heavy atom. The van der Waals surface area contributed by atoms with E-state index in [9.17, 15) is 14.0 Å². The van der Waals surface area contributed by atoms with Crippen LogP contribution in [-0.2, 0) is 4.79 Å². The van der Waals surface area contributed by atoms with Gasteiger partial charge in [0, 0.05) is 12.6 Å². The molecule has 0 aliphatic rings. The highest BCUT2D eigenvalue weighted by atomic mass is 19.1. The van der Waals surface area contributed by atoms with Gasteiger partial charge in [0.05, 0.1) is 12.1 Å². The molecular weight excluding hydrogens is 259 g/mol. The van der Waals surface area contributed by atoms with E-state index in [1.807, 2.05) is 13.8 Å². The van der Waals surface area contributed by atoms with Crippen LogP contribution in [0.1, 0.15) is 36.7 Å². The van der Waals surface area contributed by atoms with Crippen molar-refractivity contribution in [2.45, 2.75) is 33.7 Å². The molecule has 4 nitrogen and oxygen atoms in total. The number of nitrogens with one attached hydrogen (secondary N) is 1. The fourth-order valence-corrected chi connectivity index (χ4v) is 1.84. The van der Waals surface area contributed by atoms with Gasteiger partial charge in [-0.2, -0.15) is 0 Å². The average Bonchev–Trinajstić information content (AvgIpc) is 2.37. The van der Waals surface area contributed by atoms with Crippen LogP contribution in [-0.4, -0.2) is 35.8 Å². The molecular formula is C15H21FN2O2. The molecule has 1 aromatic carbocycles. The van der Waals surface area contributed by atoms with E-state index in [4.69, 9.17) is 0 Å². The van der Waals surface area contributed by atoms with Gasteiger partial charge in [0.2, 0.25) is 5.91 Å². The highest BCUT2D eigenvalue weighted by Gasteiger charge is 2.20. The van der Waals surface area contributed by atoms with Crippen LogP contribution in [0.5, 0.6) is 0 Å². The number of hydrogen-bond donors (Lipinski definition) is 1. The summed E-state index contributed by atoms with van der Waals surface area (Å²) in [6.45, 7) is 7.51. The average molecular weight is 280 g/mol. The van der Waals surface area contributed by atoms with E-state index in [1.165, 1.54) is 17.0 Å². The first kappa shape index (κ1) is 16.1. The molecule has 20 heavy (non-hydrogen) atoms. The fourth-order valence-electron chi connectivity index (χ4n) is 1.84. The van der Waals surface area contributed by atoms with Crippen molar-refractivity contribution in [2.75, 3.05) is 13.1 Å². The molecule has 0 spiro atoms. The second kappa shape index (κ2) is 7.03. The Labute approximate surface area is 119 Å². The lowest BCUT2D eigenvalue weighted by Crippen LogP contribution is -2.42. The maximum atomic E-state index is 13.7. The zero-order chi connectivity index (χ0) is 15.3. The van der Waals surface area contributed by atoms with E-state index in [-0.39, 0.29) is 24.1 Å². The van der Waals surface area contributed by atoms with Gasteiger partial charge in [-0.15, -0.1) is 0 Å². The summed E-state index contributed by atoms with van der Waals surface area (Å²) in [6.07, 6.45) is 0. The van der Waals surface area contributed by atoms with Crippen LogP contribution < -0.4 is 5.32 Å². The maximum absolute atomic E-state index is 13.7. The molecule has 0 aromatic heterocycles. The van der Waals surface area contributed by atoms with Crippen molar-refractivity contribution >= 4 is 11.8 Å². The maximum Gasteiger partial charge on any atom is 0.257 e. The number of carbonyl (C=O) groups excluding carboxylic acids is 2. The van der Waals surface area contributed by atoms with E-state index in [2.05, 4.69) is 5.32 Å². The summed E-state index contributed by atoms with van der Waals surface area (Å²) >= 11 is 0. The van der Waals surface area contributed by atoms with Crippen LogP contribution in [0.3, 0.4) is 0 Å². The van der Waals surface area contributed by atoms with Gasteiger partial charge >= 0.3 is 0 Å². The normalized spacial score (nSPS) is 10.5. The molecule has 110 valence electrons. The number of rotatable bonds is 5. The molecule has 0 aliphatic carbocycles. The summed E-state index contributed by atoms with van der Waals surface area (Å²) in [7, 11) is 0. The molecule has 0 unspecified atom stereocenters. The Morgan fingerprint density at radius 3 is 2.55 bits per heavy atom. The number of aryl methyl sites for hydroxylation is 1. The van der Waals surface area contributed by atoms with Crippen molar-refractivity contribution in [2.24, 2.45) is 0 Å². The third-order valence-corrected chi connectivity index (χ3v) is 2.81. The van der Waals surface area contributed by atoms with Crippen LogP contribution in [0.4, 0.5) is 4.39 Å². The predicted molar refractivity (Wildman–Crippen MR) is 76.0 cm³/mol. The molecule has 0 atom stereocenters. The molecule has 1 aromatic rings. The number of benzene rings is 1. The second-order valence-electron chi connectivity index (χ2n) is 5.02. The Kier molecular flexibility index (Phi) is 5.67. The van der Waals surface area contributed by atoms with Gasteiger partial charge in [-0.1, -0.05) is 11.6 Å². The number of carbonyl (C=O) groups is 2. The molecule has 0 heterocycles. The SMILES string of the molecule is CCN(CC(=O)NC(C)C)C(=O)c1cc(C)ccc1F. The molecule has 1 N–H and O–H groups in total. The van der Waals surface area contributed by atoms with Gasteiger partial charge in [0.1, 0.15) is 5.82 Å². The number of halogens is 1. The van der Waals surface area contributed by atoms with Gasteiger partial charge < -0.3 is 10.2 Å². The lowest BCUT2D eigenvalue weighted by Gasteiger charge is -2.21. The molecule has 0 bridgehead atoms. The van der Waals surface area contributed by atoms with Crippen LogP contribution in [0, 0.1) is 12.7 Å². The summed E-state index contributed by atoms with van der Waals surface area (Å²) in [6, 6.07) is 4.38. The number of amides is 2. The first-order valence-corrected chi connectivity index (χ1v) is 6.70. The Balaban J connectivity index is 2.86. The standard InChI is InChI=1S/C15H21FN2O2/c1-5-18(9-14(19)17-10(2)3)15(20)12-8-11(4)6-7-13(12)16/h6-8,10H,5,9H2,1-4H3,(H,17,19). The Morgan fingerprint density at radius 2 is 2.00 bits per heavy atom. The van der Waals surface area contributed by atoms with Crippen molar-refractivity contribution in [3.8, 4) is 0 Å². The minimum atomic E-state index is -0.566. The van der Waals surface area contributed by atoms with Crippen LogP contribution in [0.25, 0.3) is 0 Å². The monoisotopic (exact) mass is 280 g/mol. The highest BCUT2D eigenvalue weighted by Crippen LogP contribution is 2.12. The van der Waals surface area contributed by atoms with Crippen LogP contribution >= 0.6 is 0 Å².